The first-order valence-corrected chi connectivity index (χ1v) is 14.5. The van der Waals surface area contributed by atoms with Gasteiger partial charge in [-0.2, -0.15) is 23.1 Å². The molecule has 4 N–H and O–H groups in total. The molecule has 3 aliphatic rings. The molecule has 3 aromatic heterocycles. The number of halogens is 5. The highest BCUT2D eigenvalue weighted by Gasteiger charge is 2.49. The summed E-state index contributed by atoms with van der Waals surface area (Å²) >= 11 is 0. The smallest absolute Gasteiger partial charge is 0.432 e. The molecule has 0 aliphatic carbocycles. The molecule has 44 heavy (non-hydrogen) atoms. The molecule has 11 nitrogen and oxygen atoms in total. The number of ether oxygens (including phenoxy) is 2. The lowest BCUT2D eigenvalue weighted by molar-refractivity contribution is -0.143. The Kier molecular flexibility index (Phi) is 7.76. The molecule has 16 heteroatoms. The number of anilines is 2. The summed E-state index contributed by atoms with van der Waals surface area (Å²) in [5.74, 6) is -1.30. The van der Waals surface area contributed by atoms with Gasteiger partial charge in [-0.3, -0.25) is 9.69 Å². The Morgan fingerprint density at radius 2 is 2.02 bits per heavy atom. The minimum absolute atomic E-state index is 0.0176. The second kappa shape index (κ2) is 11.3. The van der Waals surface area contributed by atoms with Crippen molar-refractivity contribution in [1.82, 2.24) is 29.7 Å². The van der Waals surface area contributed by atoms with Crippen LogP contribution in [0.3, 0.4) is 0 Å². The summed E-state index contributed by atoms with van der Waals surface area (Å²) in [5, 5.41) is 6.37. The second-order valence-corrected chi connectivity index (χ2v) is 11.6. The summed E-state index contributed by atoms with van der Waals surface area (Å²) in [7, 11) is 0.902. The lowest BCUT2D eigenvalue weighted by Crippen LogP contribution is -2.43. The molecule has 3 atom stereocenters. The zero-order valence-corrected chi connectivity index (χ0v) is 24.2. The fourth-order valence-electron chi connectivity index (χ4n) is 6.46. The minimum Gasteiger partial charge on any atom is -0.474 e. The van der Waals surface area contributed by atoms with Crippen LogP contribution >= 0.6 is 0 Å². The van der Waals surface area contributed by atoms with E-state index in [9.17, 15) is 22.4 Å². The summed E-state index contributed by atoms with van der Waals surface area (Å²) in [6.45, 7) is 4.29. The number of rotatable bonds is 4. The zero-order chi connectivity index (χ0) is 31.4. The molecule has 0 unspecified atom stereocenters. The van der Waals surface area contributed by atoms with Crippen LogP contribution in [-0.2, 0) is 13.2 Å². The average Bonchev–Trinajstić information content (AvgIpc) is 3.47. The molecule has 6 rings (SSSR count). The maximum Gasteiger partial charge on any atom is 0.432 e. The van der Waals surface area contributed by atoms with E-state index < -0.39 is 63.5 Å². The molecule has 0 radical (unpaired) electrons. The highest BCUT2D eigenvalue weighted by Crippen LogP contribution is 2.43. The fraction of sp³-hybridized carbons (Fsp3) is 0.571. The van der Waals surface area contributed by atoms with Crippen molar-refractivity contribution >= 4 is 22.4 Å². The predicted molar refractivity (Wildman–Crippen MR) is 152 cm³/mol. The van der Waals surface area contributed by atoms with E-state index in [2.05, 4.69) is 25.6 Å². The molecule has 0 amide bonds. The summed E-state index contributed by atoms with van der Waals surface area (Å²) in [4.78, 5) is 27.4. The largest absolute Gasteiger partial charge is 0.474 e. The van der Waals surface area contributed by atoms with Gasteiger partial charge in [0.2, 0.25) is 5.88 Å². The average molecular weight is 625 g/mol. The molecule has 2 saturated heterocycles. The summed E-state index contributed by atoms with van der Waals surface area (Å²) in [5.41, 5.74) is 0.257. The van der Waals surface area contributed by atoms with E-state index in [-0.39, 0.29) is 36.1 Å². The molecule has 238 valence electrons. The van der Waals surface area contributed by atoms with E-state index >= 15 is 4.39 Å². The first-order chi connectivity index (χ1) is 20.9. The molecular weight excluding hydrogens is 591 g/mol. The van der Waals surface area contributed by atoms with Crippen molar-refractivity contribution in [3.63, 3.8) is 0 Å². The van der Waals surface area contributed by atoms with Crippen LogP contribution in [0.2, 0.25) is 0 Å². The van der Waals surface area contributed by atoms with E-state index in [1.54, 1.807) is 6.92 Å². The summed E-state index contributed by atoms with van der Waals surface area (Å²) in [6.07, 6.45) is -4.15. The molecule has 2 fully saturated rings. The monoisotopic (exact) mass is 624 g/mol. The molecule has 0 bridgehead atoms. The molecule has 6 heterocycles. The Labute approximate surface area is 248 Å². The van der Waals surface area contributed by atoms with Gasteiger partial charge in [-0.05, 0) is 45.3 Å². The Morgan fingerprint density at radius 1 is 1.23 bits per heavy atom. The van der Waals surface area contributed by atoms with Crippen molar-refractivity contribution in [1.29, 1.82) is 0 Å². The van der Waals surface area contributed by atoms with Crippen LogP contribution in [-0.4, -0.2) is 81.6 Å². The number of aromatic nitrogens is 4. The third kappa shape index (κ3) is 5.38. The number of nitrogen functional groups attached to an aromatic ring is 1. The molecule has 0 aromatic carbocycles. The topological polar surface area (TPSA) is 132 Å². The summed E-state index contributed by atoms with van der Waals surface area (Å²) in [6, 6.07) is 0.518. The van der Waals surface area contributed by atoms with Crippen LogP contribution < -0.4 is 31.4 Å². The maximum atomic E-state index is 16.5. The number of nitrogens with zero attached hydrogens (tertiary/aromatic N) is 5. The maximum absolute atomic E-state index is 16.5. The van der Waals surface area contributed by atoms with Crippen LogP contribution in [0, 0.1) is 5.82 Å². The molecule has 0 saturated carbocycles. The number of nitrogens with two attached hydrogens (primary N) is 1. The van der Waals surface area contributed by atoms with Crippen molar-refractivity contribution in [3.05, 3.63) is 27.9 Å². The van der Waals surface area contributed by atoms with Crippen LogP contribution in [0.25, 0.3) is 22.2 Å². The van der Waals surface area contributed by atoms with Gasteiger partial charge in [-0.15, -0.1) is 0 Å². The third-order valence-corrected chi connectivity index (χ3v) is 8.56. The lowest BCUT2D eigenvalue weighted by Gasteiger charge is -2.30. The van der Waals surface area contributed by atoms with Crippen LogP contribution in [0.1, 0.15) is 38.3 Å². The van der Waals surface area contributed by atoms with Gasteiger partial charge in [0.05, 0.1) is 17.3 Å². The van der Waals surface area contributed by atoms with Crippen LogP contribution in [0.15, 0.2) is 10.9 Å². The number of hydrogen-bond donors (Lipinski definition) is 3. The number of pyridine rings is 2. The first-order valence-electron chi connectivity index (χ1n) is 14.5. The van der Waals surface area contributed by atoms with Gasteiger partial charge in [0.25, 0.3) is 5.56 Å². The second-order valence-electron chi connectivity index (χ2n) is 11.6. The number of fused-ring (bicyclic) bond motifs is 1. The Hall–Kier alpha value is -3.79. The van der Waals surface area contributed by atoms with Gasteiger partial charge in [-0.25, -0.2) is 13.8 Å². The third-order valence-electron chi connectivity index (χ3n) is 8.56. The number of nitrogens with one attached hydrogen (secondary N) is 2. The Morgan fingerprint density at radius 3 is 2.80 bits per heavy atom. The highest BCUT2D eigenvalue weighted by atomic mass is 19.4. The van der Waals surface area contributed by atoms with Crippen LogP contribution in [0.5, 0.6) is 11.9 Å². The standard InChI is InChI=1S/C28H33F5N8O3/c1-14-4-6-35-7-8-36-23-18-21(38-26(39-23)43-13-27-5-3-9-41(27)12-15(29)11-27)19(30)20(37-24(18)44-14)16-10-17(34)25(42)40(2)22(16)28(31,32)33/h10,14-15,35H,3-9,11-13,34H2,1-2H3,(H,36,38,39)/t14-,15+,27-/m0/s1. The van der Waals surface area contributed by atoms with Crippen LogP contribution in [0.4, 0.5) is 33.5 Å². The molecular formula is C28H33F5N8O3. The van der Waals surface area contributed by atoms with Gasteiger partial charge in [0, 0.05) is 38.7 Å². The lowest BCUT2D eigenvalue weighted by atomic mass is 9.95. The molecule has 3 aromatic rings. The van der Waals surface area contributed by atoms with E-state index in [1.165, 1.54) is 0 Å². The van der Waals surface area contributed by atoms with E-state index in [0.717, 1.165) is 26.1 Å². The van der Waals surface area contributed by atoms with Crippen molar-refractivity contribution in [2.24, 2.45) is 7.05 Å². The van der Waals surface area contributed by atoms with E-state index in [4.69, 9.17) is 15.2 Å². The van der Waals surface area contributed by atoms with E-state index in [1.807, 2.05) is 4.90 Å². The van der Waals surface area contributed by atoms with Gasteiger partial charge in [0.15, 0.2) is 5.82 Å². The van der Waals surface area contributed by atoms with E-state index in [0.29, 0.717) is 43.6 Å². The van der Waals surface area contributed by atoms with Gasteiger partial charge < -0.3 is 30.4 Å². The Balaban J connectivity index is 1.55. The highest BCUT2D eigenvalue weighted by molar-refractivity contribution is 5.96. The first kappa shape index (κ1) is 30.2. The Bertz CT molecular complexity index is 1650. The van der Waals surface area contributed by atoms with Crippen molar-refractivity contribution < 1.29 is 31.4 Å². The number of hydrogen-bond acceptors (Lipinski definition) is 10. The molecule has 3 aliphatic heterocycles. The summed E-state index contributed by atoms with van der Waals surface area (Å²) < 4.78 is 86.2. The van der Waals surface area contributed by atoms with Gasteiger partial charge in [-0.1, -0.05) is 0 Å². The SMILES string of the molecule is C[C@H]1CCNCCNc2nc(OC[C@@]34CCCN3C[C@H](F)C4)nc3c(F)c(-c4cc(N)c(=O)n(C)c4C(F)(F)F)nc(c23)O1. The molecule has 0 spiro atoms. The van der Waals surface area contributed by atoms with Crippen molar-refractivity contribution in [2.45, 2.75) is 56.6 Å². The van der Waals surface area contributed by atoms with Crippen molar-refractivity contribution in [3.8, 4) is 23.1 Å². The fourth-order valence-corrected chi connectivity index (χ4v) is 6.46. The minimum atomic E-state index is -5.06. The normalized spacial score (nSPS) is 24.4. The number of alkyl halides is 4. The predicted octanol–water partition coefficient (Wildman–Crippen LogP) is 3.26. The zero-order valence-electron chi connectivity index (χ0n) is 24.2. The quantitative estimate of drug-likeness (QED) is 0.372. The van der Waals surface area contributed by atoms with Gasteiger partial charge in [0.1, 0.15) is 40.9 Å². The van der Waals surface area contributed by atoms with Crippen molar-refractivity contribution in [2.75, 3.05) is 50.4 Å². The van der Waals surface area contributed by atoms with Gasteiger partial charge >= 0.3 is 12.2 Å².